The number of hydrogen-bond donors (Lipinski definition) is 4. The van der Waals surface area contributed by atoms with Crippen molar-refractivity contribution < 1.29 is 4.74 Å². The molecule has 0 aliphatic carbocycles. The Morgan fingerprint density at radius 1 is 0.821 bits per heavy atom. The third-order valence-electron chi connectivity index (χ3n) is 4.61. The first-order valence-corrected chi connectivity index (χ1v) is 11.3. The summed E-state index contributed by atoms with van der Waals surface area (Å²) in [5, 5.41) is 12.6. The number of nitrogens with zero attached hydrogens (tertiary/aromatic N) is 2. The van der Waals surface area contributed by atoms with Gasteiger partial charge in [0.2, 0.25) is 0 Å². The van der Waals surface area contributed by atoms with Crippen LogP contribution in [0.25, 0.3) is 0 Å². The van der Waals surface area contributed by atoms with Gasteiger partial charge in [0.1, 0.15) is 0 Å². The second kappa shape index (κ2) is 26.7. The van der Waals surface area contributed by atoms with Gasteiger partial charge in [0, 0.05) is 66.0 Å². The second-order valence-corrected chi connectivity index (χ2v) is 6.93. The van der Waals surface area contributed by atoms with Crippen LogP contribution in [0.5, 0.6) is 0 Å². The highest BCUT2D eigenvalue weighted by Gasteiger charge is 2.07. The fraction of sp³-hybridized carbons (Fsp3) is 1.00. The highest BCUT2D eigenvalue weighted by molar-refractivity contribution is 4.66. The van der Waals surface area contributed by atoms with Gasteiger partial charge in [-0.25, -0.2) is 0 Å². The summed E-state index contributed by atoms with van der Waals surface area (Å²) in [6.07, 6.45) is 2.59. The molecule has 0 atom stereocenters. The van der Waals surface area contributed by atoms with Crippen LogP contribution in [-0.2, 0) is 4.74 Å². The van der Waals surface area contributed by atoms with Crippen LogP contribution >= 0.6 is 0 Å². The number of piperazine rings is 2. The van der Waals surface area contributed by atoms with Gasteiger partial charge in [-0.15, -0.1) is 0 Å². The smallest absolute Gasteiger partial charge is 0.0589 e. The average molecular weight is 405 g/mol. The predicted molar refractivity (Wildman–Crippen MR) is 125 cm³/mol. The van der Waals surface area contributed by atoms with Crippen molar-refractivity contribution in [2.45, 2.75) is 33.6 Å². The Labute approximate surface area is 176 Å². The molecule has 7 nitrogen and oxygen atoms in total. The minimum atomic E-state index is 0.861. The minimum Gasteiger partial charge on any atom is -0.383 e. The number of hydrogen-bond acceptors (Lipinski definition) is 7. The molecule has 2 heterocycles. The molecule has 7 heteroatoms. The third-order valence-corrected chi connectivity index (χ3v) is 4.61. The van der Waals surface area contributed by atoms with Crippen molar-refractivity contribution in [2.75, 3.05) is 106 Å². The summed E-state index contributed by atoms with van der Waals surface area (Å²) in [5.74, 6) is 0. The maximum Gasteiger partial charge on any atom is 0.0589 e. The molecule has 0 aromatic heterocycles. The summed E-state index contributed by atoms with van der Waals surface area (Å²) in [6, 6.07) is 0. The quantitative estimate of drug-likeness (QED) is 0.444. The van der Waals surface area contributed by atoms with Crippen molar-refractivity contribution in [3.8, 4) is 0 Å². The van der Waals surface area contributed by atoms with Crippen LogP contribution in [-0.4, -0.2) is 116 Å². The molecule has 2 aliphatic rings. The molecule has 0 amide bonds. The number of nitrogens with one attached hydrogen (secondary N) is 4. The van der Waals surface area contributed by atoms with E-state index in [4.69, 9.17) is 4.74 Å². The van der Waals surface area contributed by atoms with Gasteiger partial charge in [-0.2, -0.15) is 0 Å². The van der Waals surface area contributed by atoms with Gasteiger partial charge in [-0.3, -0.25) is 4.90 Å². The van der Waals surface area contributed by atoms with Gasteiger partial charge in [-0.05, 0) is 40.2 Å². The van der Waals surface area contributed by atoms with Gasteiger partial charge in [0.05, 0.1) is 6.61 Å². The Bertz CT molecular complexity index is 253. The molecule has 0 bridgehead atoms. The van der Waals surface area contributed by atoms with E-state index in [0.717, 1.165) is 39.3 Å². The summed E-state index contributed by atoms with van der Waals surface area (Å²) in [4.78, 5) is 4.87. The van der Waals surface area contributed by atoms with E-state index in [1.807, 2.05) is 14.1 Å². The maximum atomic E-state index is 4.98. The Balaban J connectivity index is 0. The van der Waals surface area contributed by atoms with E-state index in [0.29, 0.717) is 0 Å². The SMILES string of the molecule is CCCCNC.CCN1CCNCC1.CCNC.COCCN1CCNCC1. The van der Waals surface area contributed by atoms with E-state index < -0.39 is 0 Å². The Kier molecular flexibility index (Phi) is 28.5. The minimum absolute atomic E-state index is 0.861. The van der Waals surface area contributed by atoms with Gasteiger partial charge in [0.15, 0.2) is 0 Å². The largest absolute Gasteiger partial charge is 0.383 e. The maximum absolute atomic E-state index is 4.98. The third kappa shape index (κ3) is 23.8. The molecule has 172 valence electrons. The molecule has 0 unspecified atom stereocenters. The molecule has 0 radical (unpaired) electrons. The summed E-state index contributed by atoms with van der Waals surface area (Å²) in [7, 11) is 5.66. The van der Waals surface area contributed by atoms with Crippen LogP contribution < -0.4 is 21.3 Å². The molecule has 0 aromatic rings. The van der Waals surface area contributed by atoms with Crippen LogP contribution in [0.4, 0.5) is 0 Å². The summed E-state index contributed by atoms with van der Waals surface area (Å²) in [6.45, 7) is 21.3. The summed E-state index contributed by atoms with van der Waals surface area (Å²) >= 11 is 0. The normalized spacial score (nSPS) is 17.4. The monoisotopic (exact) mass is 404 g/mol. The zero-order chi connectivity index (χ0) is 21.3. The van der Waals surface area contributed by atoms with Crippen molar-refractivity contribution in [3.05, 3.63) is 0 Å². The number of rotatable bonds is 8. The molecule has 2 saturated heterocycles. The first-order chi connectivity index (χ1) is 13.7. The molecule has 2 fully saturated rings. The number of unbranched alkanes of at least 4 members (excludes halogenated alkanes) is 1. The Morgan fingerprint density at radius 3 is 1.61 bits per heavy atom. The first kappa shape index (κ1) is 29.9. The van der Waals surface area contributed by atoms with E-state index in [-0.39, 0.29) is 0 Å². The molecule has 2 rings (SSSR count). The van der Waals surface area contributed by atoms with Crippen molar-refractivity contribution in [3.63, 3.8) is 0 Å². The molecule has 4 N–H and O–H groups in total. The van der Waals surface area contributed by atoms with Gasteiger partial charge < -0.3 is 30.9 Å². The second-order valence-electron chi connectivity index (χ2n) is 6.93. The van der Waals surface area contributed by atoms with Crippen molar-refractivity contribution in [1.29, 1.82) is 0 Å². The highest BCUT2D eigenvalue weighted by Crippen LogP contribution is 1.90. The van der Waals surface area contributed by atoms with Crippen molar-refractivity contribution in [1.82, 2.24) is 31.1 Å². The van der Waals surface area contributed by atoms with Crippen LogP contribution in [0, 0.1) is 0 Å². The predicted octanol–water partition coefficient (Wildman–Crippen LogP) is 0.681. The Hall–Kier alpha value is -0.280. The first-order valence-electron chi connectivity index (χ1n) is 11.3. The van der Waals surface area contributed by atoms with E-state index in [2.05, 4.69) is 51.8 Å². The average Bonchev–Trinajstić information content (AvgIpc) is 2.78. The topological polar surface area (TPSA) is 63.8 Å². The summed E-state index contributed by atoms with van der Waals surface area (Å²) in [5.41, 5.74) is 0. The van der Waals surface area contributed by atoms with Crippen molar-refractivity contribution >= 4 is 0 Å². The van der Waals surface area contributed by atoms with Gasteiger partial charge in [-0.1, -0.05) is 27.2 Å². The lowest BCUT2D eigenvalue weighted by Crippen LogP contribution is -2.44. The van der Waals surface area contributed by atoms with Crippen LogP contribution in [0.15, 0.2) is 0 Å². The van der Waals surface area contributed by atoms with Crippen LogP contribution in [0.1, 0.15) is 33.6 Å². The number of ether oxygens (including phenoxy) is 1. The lowest BCUT2D eigenvalue weighted by Gasteiger charge is -2.26. The fourth-order valence-electron chi connectivity index (χ4n) is 2.54. The van der Waals surface area contributed by atoms with Gasteiger partial charge >= 0.3 is 0 Å². The van der Waals surface area contributed by atoms with Crippen LogP contribution in [0.2, 0.25) is 0 Å². The fourth-order valence-corrected chi connectivity index (χ4v) is 2.54. The van der Waals surface area contributed by atoms with E-state index in [9.17, 15) is 0 Å². The van der Waals surface area contributed by atoms with Gasteiger partial charge in [0.25, 0.3) is 0 Å². The molecule has 28 heavy (non-hydrogen) atoms. The zero-order valence-corrected chi connectivity index (χ0v) is 19.9. The lowest BCUT2D eigenvalue weighted by atomic mass is 10.3. The van der Waals surface area contributed by atoms with E-state index in [1.165, 1.54) is 58.7 Å². The van der Waals surface area contributed by atoms with E-state index in [1.54, 1.807) is 7.11 Å². The lowest BCUT2D eigenvalue weighted by molar-refractivity contribution is 0.139. The van der Waals surface area contributed by atoms with E-state index >= 15 is 0 Å². The molecule has 0 saturated carbocycles. The molecule has 0 spiro atoms. The summed E-state index contributed by atoms with van der Waals surface area (Å²) < 4.78 is 4.98. The number of likely N-dealkylation sites (N-methyl/N-ethyl adjacent to an activating group) is 1. The molecule has 2 aliphatic heterocycles. The molecular formula is C21H52N6O. The number of methoxy groups -OCH3 is 1. The molecule has 0 aromatic carbocycles. The standard InChI is InChI=1S/C7H16N2O.C6H14N2.C5H13N.C3H9N/c1-10-7-6-9-4-2-8-3-5-9;1-2-8-5-3-7-4-6-8;1-3-4-5-6-2;1-3-4-2/h8H,2-7H2,1H3;7H,2-6H2,1H3;6H,3-5H2,1-2H3;4H,3H2,1-2H3. The van der Waals surface area contributed by atoms with Crippen molar-refractivity contribution in [2.24, 2.45) is 0 Å². The molecular weight excluding hydrogens is 352 g/mol. The van der Waals surface area contributed by atoms with Crippen LogP contribution in [0.3, 0.4) is 0 Å². The zero-order valence-electron chi connectivity index (χ0n) is 19.9. The Morgan fingerprint density at radius 2 is 1.32 bits per heavy atom. The highest BCUT2D eigenvalue weighted by atomic mass is 16.5.